The predicted molar refractivity (Wildman–Crippen MR) is 92.8 cm³/mol. The highest BCUT2D eigenvalue weighted by Crippen LogP contribution is 2.11. The van der Waals surface area contributed by atoms with Crippen molar-refractivity contribution in [1.82, 2.24) is 9.80 Å². The Morgan fingerprint density at radius 2 is 1.00 bits per heavy atom. The monoisotopic (exact) mass is 358 g/mol. The van der Waals surface area contributed by atoms with Crippen molar-refractivity contribution in [2.24, 2.45) is 23.6 Å². The fraction of sp³-hybridized carbons (Fsp3) is 0.778. The lowest BCUT2D eigenvalue weighted by molar-refractivity contribution is -0.154. The second-order valence-electron chi connectivity index (χ2n) is 4.73. The van der Waals surface area contributed by atoms with Crippen molar-refractivity contribution in [1.29, 1.82) is 0 Å². The van der Waals surface area contributed by atoms with E-state index in [0.29, 0.717) is 13.8 Å². The van der Waals surface area contributed by atoms with Crippen LogP contribution in [-0.4, -0.2) is 46.5 Å². The average molecular weight is 359 g/mol. The zero-order valence-corrected chi connectivity index (χ0v) is 13.4. The molecule has 0 bridgehead atoms. The maximum atomic E-state index is 13.3. The van der Waals surface area contributed by atoms with E-state index in [0.717, 1.165) is 0 Å². The molecule has 0 rings (SSSR count). The van der Waals surface area contributed by atoms with E-state index in [-0.39, 0.29) is 9.80 Å². The summed E-state index contributed by atoms with van der Waals surface area (Å²) in [5.41, 5.74) is 0. The fourth-order valence-electron chi connectivity index (χ4n) is 1.52. The molecule has 4 amide bonds. The number of nitrogens with zero attached hydrogens (tertiary/aromatic N) is 2. The number of imide groups is 2. The molecule has 0 N–H and O–H groups in total. The molecule has 0 aromatic heterocycles. The first-order chi connectivity index (χ1) is 18.2. The molecule has 0 aliphatic rings. The van der Waals surface area contributed by atoms with Crippen LogP contribution in [0.2, 0.25) is 0 Å². The van der Waals surface area contributed by atoms with Crippen LogP contribution in [0.5, 0.6) is 0 Å². The Kier molecular flexibility index (Phi) is 2.60. The quantitative estimate of drug-likeness (QED) is 0.700. The van der Waals surface area contributed by atoms with E-state index in [9.17, 15) is 19.2 Å². The number of hydrogen-bond donors (Lipinski definition) is 0. The first-order valence-corrected chi connectivity index (χ1v) is 6.55. The van der Waals surface area contributed by atoms with Crippen LogP contribution in [0.25, 0.3) is 0 Å². The molecule has 0 saturated heterocycles. The molecule has 0 fully saturated rings. The zero-order chi connectivity index (χ0) is 34.3. The second kappa shape index (κ2) is 9.55. The third-order valence-electron chi connectivity index (χ3n) is 2.69. The van der Waals surface area contributed by atoms with Gasteiger partial charge in [-0.2, -0.15) is 0 Å². The number of carbonyl (C=O) groups excluding carboxylic acids is 4. The lowest BCUT2D eigenvalue weighted by Crippen LogP contribution is -2.49. The van der Waals surface area contributed by atoms with E-state index in [4.69, 9.17) is 24.7 Å². The van der Waals surface area contributed by atoms with Crippen LogP contribution in [0, 0.1) is 23.6 Å². The molecule has 4 atom stereocenters. The number of carbonyl (C=O) groups is 4. The number of amides is 4. The van der Waals surface area contributed by atoms with Gasteiger partial charge in [0, 0.05) is 61.3 Å². The summed E-state index contributed by atoms with van der Waals surface area (Å²) in [6.07, 6.45) is 0. The molecule has 138 valence electrons. The highest BCUT2D eigenvalue weighted by atomic mass is 16.2. The van der Waals surface area contributed by atoms with Gasteiger partial charge in [-0.25, -0.2) is 0 Å². The Labute approximate surface area is 170 Å². The summed E-state index contributed by atoms with van der Waals surface area (Å²) in [5.74, 6) is -21.5. The van der Waals surface area contributed by atoms with Gasteiger partial charge < -0.3 is 0 Å². The van der Waals surface area contributed by atoms with E-state index in [1.807, 2.05) is 0 Å². The Balaban J connectivity index is 7.31. The topological polar surface area (TPSA) is 74.8 Å². The molecule has 24 heavy (non-hydrogen) atoms. The largest absolute Gasteiger partial charge is 0.280 e. The summed E-state index contributed by atoms with van der Waals surface area (Å²) in [6, 6.07) is 0. The van der Waals surface area contributed by atoms with Crippen molar-refractivity contribution in [2.75, 3.05) is 13.1 Å². The maximum Gasteiger partial charge on any atom is 0.231 e. The predicted octanol–water partition coefficient (Wildman–Crippen LogP) is 2.32. The molecule has 0 aliphatic heterocycles. The molecule has 6 heteroatoms. The van der Waals surface area contributed by atoms with Crippen molar-refractivity contribution in [3.05, 3.63) is 0 Å². The van der Waals surface area contributed by atoms with Crippen LogP contribution >= 0.6 is 0 Å². The van der Waals surface area contributed by atoms with E-state index in [1.54, 1.807) is 0 Å². The normalized spacial score (nSPS) is 34.1. The van der Waals surface area contributed by atoms with Crippen LogP contribution in [0.15, 0.2) is 0 Å². The zero-order valence-electron chi connectivity index (χ0n) is 31.4. The summed E-state index contributed by atoms with van der Waals surface area (Å²) >= 11 is 0. The Hall–Kier alpha value is -1.72. The lowest BCUT2D eigenvalue weighted by Gasteiger charge is -2.29. The lowest BCUT2D eigenvalue weighted by atomic mass is 10.1. The highest BCUT2D eigenvalue weighted by Gasteiger charge is 2.30. The van der Waals surface area contributed by atoms with Gasteiger partial charge in [0.2, 0.25) is 23.6 Å². The van der Waals surface area contributed by atoms with Gasteiger partial charge in [0.05, 0.1) is 0 Å². The molecule has 0 radical (unpaired) electrons. The molecule has 0 aromatic rings. The van der Waals surface area contributed by atoms with Crippen LogP contribution in [-0.2, 0) is 19.2 Å². The van der Waals surface area contributed by atoms with Gasteiger partial charge in [0.1, 0.15) is 0 Å². The Bertz CT molecular complexity index is 965. The van der Waals surface area contributed by atoms with Crippen LogP contribution in [0.4, 0.5) is 0 Å². The minimum Gasteiger partial charge on any atom is -0.280 e. The van der Waals surface area contributed by atoms with E-state index >= 15 is 0 Å². The van der Waals surface area contributed by atoms with Gasteiger partial charge in [-0.05, 0) is 0 Å². The van der Waals surface area contributed by atoms with Gasteiger partial charge in [-0.3, -0.25) is 29.0 Å². The number of rotatable bonds is 7. The van der Waals surface area contributed by atoms with E-state index < -0.39 is 102 Å². The van der Waals surface area contributed by atoms with Gasteiger partial charge >= 0.3 is 0 Å². The first kappa shape index (κ1) is 6.54. The van der Waals surface area contributed by atoms with Crippen molar-refractivity contribution in [2.45, 2.75) is 55.1 Å². The van der Waals surface area contributed by atoms with Gasteiger partial charge in [0.15, 0.2) is 0 Å². The molecule has 0 aliphatic carbocycles. The minimum atomic E-state index is -3.63. The maximum absolute atomic E-state index is 13.3. The van der Waals surface area contributed by atoms with Gasteiger partial charge in [-0.1, -0.05) is 55.1 Å². The molecule has 0 aromatic carbocycles. The summed E-state index contributed by atoms with van der Waals surface area (Å²) in [6.45, 7) is -19.3. The Morgan fingerprint density at radius 1 is 0.708 bits per heavy atom. The second-order valence-corrected chi connectivity index (χ2v) is 4.73. The smallest absolute Gasteiger partial charge is 0.231 e. The van der Waals surface area contributed by atoms with Crippen LogP contribution in [0.1, 0.15) is 79.7 Å². The SMILES string of the molecule is [2H]CC([2H])(C(=O)N(CCN(C(=O)C([2H])(C)C([2H])([2H])[2H])C(=O)C([2H])(C[2H])C([2H])([2H])[2H])C(=O)C([2H])(C)C([2H])([2H])[2H])C([2H])([2H])[2H]. The van der Waals surface area contributed by atoms with E-state index in [1.165, 1.54) is 0 Å². The summed E-state index contributed by atoms with van der Waals surface area (Å²) in [4.78, 5) is 52.4. The van der Waals surface area contributed by atoms with Crippen LogP contribution < -0.4 is 0 Å². The minimum absolute atomic E-state index is 0.306. The molecular formula is C18H32N2O4. The van der Waals surface area contributed by atoms with Crippen molar-refractivity contribution in [3.63, 3.8) is 0 Å². The highest BCUT2D eigenvalue weighted by molar-refractivity contribution is 5.98. The average Bonchev–Trinajstić information content (AvgIpc) is 2.81. The molecule has 0 saturated carbocycles. The van der Waals surface area contributed by atoms with Crippen molar-refractivity contribution < 1.29 is 43.9 Å². The number of hydrogen-bond acceptors (Lipinski definition) is 4. The molecule has 4 unspecified atom stereocenters. The third kappa shape index (κ3) is 6.06. The van der Waals surface area contributed by atoms with E-state index in [2.05, 4.69) is 0 Å². The standard InChI is InChI=1S/C18H32N2O4/c1-11(2)15(21)19(16(22)12(3)4)9-10-20(17(23)13(5)6)18(24)14(7)8/h11-14H,9-10H2,1-8H3/i1D,2D3,3D3,5D,6D3,7D3,11D,12D,13D,14D. The summed E-state index contributed by atoms with van der Waals surface area (Å²) < 4.78 is 137. The fourth-order valence-corrected chi connectivity index (χ4v) is 1.52. The first-order valence-electron chi connectivity index (χ1n) is 16.0. The van der Waals surface area contributed by atoms with Gasteiger partial charge in [-0.15, -0.1) is 0 Å². The molecular weight excluding hydrogens is 308 g/mol. The van der Waals surface area contributed by atoms with Gasteiger partial charge in [0.25, 0.3) is 0 Å². The van der Waals surface area contributed by atoms with Crippen molar-refractivity contribution in [3.8, 4) is 0 Å². The molecule has 6 nitrogen and oxygen atoms in total. The summed E-state index contributed by atoms with van der Waals surface area (Å²) in [5, 5.41) is 0. The summed E-state index contributed by atoms with van der Waals surface area (Å²) in [7, 11) is 0. The Morgan fingerprint density at radius 3 is 1.25 bits per heavy atom. The third-order valence-corrected chi connectivity index (χ3v) is 2.69. The van der Waals surface area contributed by atoms with Crippen molar-refractivity contribution >= 4 is 23.6 Å². The van der Waals surface area contributed by atoms with Crippen LogP contribution in [0.3, 0.4) is 0 Å². The molecule has 0 spiro atoms. The molecule has 0 heterocycles.